The predicted molar refractivity (Wildman–Crippen MR) is 84.7 cm³/mol. The highest BCUT2D eigenvalue weighted by Gasteiger charge is 2.06. The zero-order valence-corrected chi connectivity index (χ0v) is 12.4. The molecule has 114 valence electrons. The summed E-state index contributed by atoms with van der Waals surface area (Å²) >= 11 is 0. The van der Waals surface area contributed by atoms with Gasteiger partial charge < -0.3 is 9.30 Å². The molecule has 0 aliphatic carbocycles. The molecule has 3 rings (SSSR count). The molecule has 2 nitrogen and oxygen atoms in total. The summed E-state index contributed by atoms with van der Waals surface area (Å²) in [5, 5.41) is 0. The molecule has 0 aliphatic heterocycles. The van der Waals surface area contributed by atoms with Crippen LogP contribution in [0.5, 0.6) is 5.75 Å². The number of aromatic nitrogens is 1. The smallest absolute Gasteiger partial charge is 0.176 e. The fraction of sp³-hybridized carbons (Fsp3) is 0.0526. The molecule has 0 fully saturated rings. The summed E-state index contributed by atoms with van der Waals surface area (Å²) in [5.74, 6) is 5.15. The van der Waals surface area contributed by atoms with Gasteiger partial charge in [-0.3, -0.25) is 0 Å². The fourth-order valence-electron chi connectivity index (χ4n) is 2.09. The first-order chi connectivity index (χ1) is 11.2. The first kappa shape index (κ1) is 14.9. The third kappa shape index (κ3) is 3.41. The average molecular weight is 309 g/mol. The highest BCUT2D eigenvalue weighted by molar-refractivity contribution is 5.46. The zero-order valence-electron chi connectivity index (χ0n) is 12.4. The van der Waals surface area contributed by atoms with Crippen LogP contribution in [0.2, 0.25) is 0 Å². The number of nitrogens with zero attached hydrogens (tertiary/aromatic N) is 1. The molecule has 0 aliphatic rings. The minimum absolute atomic E-state index is 0.669. The molecule has 0 spiro atoms. The number of hydrogen-bond donors (Lipinski definition) is 0. The van der Waals surface area contributed by atoms with Crippen molar-refractivity contribution in [1.29, 1.82) is 0 Å². The molecule has 0 unspecified atom stereocenters. The molecule has 4 heteroatoms. The Bertz CT molecular complexity index is 849. The number of rotatable bonds is 2. The molecule has 0 saturated carbocycles. The van der Waals surface area contributed by atoms with Crippen molar-refractivity contribution in [2.75, 3.05) is 7.11 Å². The van der Waals surface area contributed by atoms with E-state index in [1.807, 2.05) is 36.4 Å². The SMILES string of the molecule is COc1ccc(C#Cc2ccc(-n3cc(F)c(F)c3)cc2)cc1. The van der Waals surface area contributed by atoms with Gasteiger partial charge in [-0.1, -0.05) is 11.8 Å². The van der Waals surface area contributed by atoms with Gasteiger partial charge in [0.2, 0.25) is 0 Å². The van der Waals surface area contributed by atoms with E-state index in [4.69, 9.17) is 4.74 Å². The van der Waals surface area contributed by atoms with E-state index in [2.05, 4.69) is 11.8 Å². The highest BCUT2D eigenvalue weighted by Crippen LogP contribution is 2.14. The highest BCUT2D eigenvalue weighted by atomic mass is 19.2. The van der Waals surface area contributed by atoms with Crippen molar-refractivity contribution in [3.05, 3.63) is 83.7 Å². The number of hydrogen-bond acceptors (Lipinski definition) is 1. The van der Waals surface area contributed by atoms with Crippen LogP contribution in [0, 0.1) is 23.5 Å². The van der Waals surface area contributed by atoms with Crippen LogP contribution >= 0.6 is 0 Å². The monoisotopic (exact) mass is 309 g/mol. The lowest BCUT2D eigenvalue weighted by Gasteiger charge is -2.01. The quantitative estimate of drug-likeness (QED) is 0.648. The van der Waals surface area contributed by atoms with Crippen LogP contribution in [0.15, 0.2) is 60.9 Å². The van der Waals surface area contributed by atoms with E-state index in [9.17, 15) is 8.78 Å². The Morgan fingerprint density at radius 3 is 1.74 bits per heavy atom. The van der Waals surface area contributed by atoms with Crippen molar-refractivity contribution in [3.8, 4) is 23.3 Å². The molecule has 0 N–H and O–H groups in total. The number of benzene rings is 2. The number of methoxy groups -OCH3 is 1. The van der Waals surface area contributed by atoms with Crippen molar-refractivity contribution in [1.82, 2.24) is 4.57 Å². The van der Waals surface area contributed by atoms with Gasteiger partial charge in [-0.15, -0.1) is 0 Å². The number of ether oxygens (including phenoxy) is 1. The van der Waals surface area contributed by atoms with Crippen LogP contribution in [0.3, 0.4) is 0 Å². The van der Waals surface area contributed by atoms with Crippen LogP contribution < -0.4 is 4.74 Å². The zero-order chi connectivity index (χ0) is 16.2. The first-order valence-electron chi connectivity index (χ1n) is 6.95. The lowest BCUT2D eigenvalue weighted by molar-refractivity contribution is 0.415. The topological polar surface area (TPSA) is 14.2 Å². The molecule has 0 saturated heterocycles. The lowest BCUT2D eigenvalue weighted by atomic mass is 10.1. The minimum Gasteiger partial charge on any atom is -0.497 e. The molecule has 2 aromatic carbocycles. The van der Waals surface area contributed by atoms with E-state index in [0.717, 1.165) is 29.3 Å². The second-order valence-electron chi connectivity index (χ2n) is 4.89. The molecular formula is C19H13F2NO. The third-order valence-corrected chi connectivity index (χ3v) is 3.34. The Labute approximate surface area is 133 Å². The summed E-state index contributed by atoms with van der Waals surface area (Å²) in [6.45, 7) is 0. The lowest BCUT2D eigenvalue weighted by Crippen LogP contribution is -1.89. The molecule has 0 amide bonds. The molecular weight excluding hydrogens is 296 g/mol. The van der Waals surface area contributed by atoms with Crippen LogP contribution in [-0.2, 0) is 0 Å². The Morgan fingerprint density at radius 1 is 0.783 bits per heavy atom. The Morgan fingerprint density at radius 2 is 1.26 bits per heavy atom. The van der Waals surface area contributed by atoms with Gasteiger partial charge in [0.25, 0.3) is 0 Å². The van der Waals surface area contributed by atoms with E-state index in [1.165, 1.54) is 4.57 Å². The van der Waals surface area contributed by atoms with Gasteiger partial charge in [-0.25, -0.2) is 8.78 Å². The summed E-state index contributed by atoms with van der Waals surface area (Å²) < 4.78 is 32.6. The molecule has 3 aromatic rings. The molecule has 1 heterocycles. The molecule has 0 atom stereocenters. The van der Waals surface area contributed by atoms with Gasteiger partial charge in [-0.05, 0) is 48.5 Å². The second-order valence-corrected chi connectivity index (χ2v) is 4.89. The predicted octanol–water partition coefficient (Wildman–Crippen LogP) is 4.16. The minimum atomic E-state index is -0.867. The first-order valence-corrected chi connectivity index (χ1v) is 6.95. The van der Waals surface area contributed by atoms with Gasteiger partial charge in [0, 0.05) is 29.2 Å². The van der Waals surface area contributed by atoms with E-state index in [-0.39, 0.29) is 0 Å². The van der Waals surface area contributed by atoms with Gasteiger partial charge in [0.1, 0.15) is 5.75 Å². The maximum atomic E-state index is 13.0. The molecule has 23 heavy (non-hydrogen) atoms. The van der Waals surface area contributed by atoms with Gasteiger partial charge in [-0.2, -0.15) is 0 Å². The van der Waals surface area contributed by atoms with Crippen LogP contribution in [0.4, 0.5) is 8.78 Å². The molecule has 0 bridgehead atoms. The summed E-state index contributed by atoms with van der Waals surface area (Å²) in [6.07, 6.45) is 2.21. The Kier molecular flexibility index (Phi) is 4.11. The Hall–Kier alpha value is -3.06. The Balaban J connectivity index is 1.78. The number of halogens is 2. The standard InChI is InChI=1S/C19H13F2NO/c1-23-17-10-6-15(7-11-17)3-2-14-4-8-16(9-5-14)22-12-18(20)19(21)13-22/h4-13H,1H3. The fourth-order valence-corrected chi connectivity index (χ4v) is 2.09. The van der Waals surface area contributed by atoms with E-state index >= 15 is 0 Å². The van der Waals surface area contributed by atoms with Gasteiger partial charge in [0.15, 0.2) is 11.6 Å². The second kappa shape index (κ2) is 6.37. The van der Waals surface area contributed by atoms with Gasteiger partial charge in [0.05, 0.1) is 7.11 Å². The van der Waals surface area contributed by atoms with Crippen LogP contribution in [0.1, 0.15) is 11.1 Å². The van der Waals surface area contributed by atoms with E-state index in [0.29, 0.717) is 5.69 Å². The maximum Gasteiger partial charge on any atom is 0.176 e. The van der Waals surface area contributed by atoms with Crippen LogP contribution in [0.25, 0.3) is 5.69 Å². The third-order valence-electron chi connectivity index (χ3n) is 3.34. The van der Waals surface area contributed by atoms with Crippen molar-refractivity contribution in [2.24, 2.45) is 0 Å². The van der Waals surface area contributed by atoms with Crippen molar-refractivity contribution in [3.63, 3.8) is 0 Å². The summed E-state index contributed by atoms with van der Waals surface area (Å²) in [6, 6.07) is 14.6. The van der Waals surface area contributed by atoms with Gasteiger partial charge >= 0.3 is 0 Å². The largest absolute Gasteiger partial charge is 0.497 e. The molecule has 1 aromatic heterocycles. The summed E-state index contributed by atoms with van der Waals surface area (Å²) in [4.78, 5) is 0. The average Bonchev–Trinajstić information content (AvgIpc) is 2.93. The van der Waals surface area contributed by atoms with Crippen LogP contribution in [-0.4, -0.2) is 11.7 Å². The maximum absolute atomic E-state index is 13.0. The molecule has 0 radical (unpaired) electrons. The summed E-state index contributed by atoms with van der Waals surface area (Å²) in [7, 11) is 1.62. The van der Waals surface area contributed by atoms with E-state index in [1.54, 1.807) is 19.2 Å². The van der Waals surface area contributed by atoms with Crippen molar-refractivity contribution >= 4 is 0 Å². The summed E-state index contributed by atoms with van der Waals surface area (Å²) in [5.41, 5.74) is 2.37. The normalized spacial score (nSPS) is 10.0. The van der Waals surface area contributed by atoms with Crippen molar-refractivity contribution < 1.29 is 13.5 Å². The van der Waals surface area contributed by atoms with E-state index < -0.39 is 11.6 Å². The van der Waals surface area contributed by atoms with Crippen molar-refractivity contribution in [2.45, 2.75) is 0 Å².